The first kappa shape index (κ1) is 14.8. The summed E-state index contributed by atoms with van der Waals surface area (Å²) in [6.45, 7) is 0. The SMILES string of the molecule is O=C(NC1CCC(C(F)(F)F)CC1)c1sccc1Br. The number of halogens is 4. The largest absolute Gasteiger partial charge is 0.391 e. The number of rotatable bonds is 2. The normalized spacial score (nSPS) is 24.2. The van der Waals surface area contributed by atoms with E-state index >= 15 is 0 Å². The topological polar surface area (TPSA) is 29.1 Å². The van der Waals surface area contributed by atoms with Gasteiger partial charge in [-0.1, -0.05) is 0 Å². The predicted molar refractivity (Wildman–Crippen MR) is 71.3 cm³/mol. The molecule has 1 aromatic rings. The molecule has 1 N–H and O–H groups in total. The number of thiophene rings is 1. The molecular formula is C12H13BrF3NOS. The molecule has 0 radical (unpaired) electrons. The molecule has 0 bridgehead atoms. The van der Waals surface area contributed by atoms with Crippen molar-refractivity contribution in [3.05, 3.63) is 20.8 Å². The Morgan fingerprint density at radius 2 is 1.95 bits per heavy atom. The molecular weight excluding hydrogens is 343 g/mol. The van der Waals surface area contributed by atoms with Crippen LogP contribution in [0.25, 0.3) is 0 Å². The van der Waals surface area contributed by atoms with Gasteiger partial charge in [-0.25, -0.2) is 0 Å². The average molecular weight is 356 g/mol. The van der Waals surface area contributed by atoms with Gasteiger partial charge in [-0.15, -0.1) is 11.3 Å². The van der Waals surface area contributed by atoms with Crippen molar-refractivity contribution in [1.29, 1.82) is 0 Å². The molecule has 1 aromatic heterocycles. The Balaban J connectivity index is 1.86. The summed E-state index contributed by atoms with van der Waals surface area (Å²) >= 11 is 4.58. The van der Waals surface area contributed by atoms with Gasteiger partial charge in [0.2, 0.25) is 0 Å². The number of amides is 1. The van der Waals surface area contributed by atoms with Gasteiger partial charge in [0.25, 0.3) is 5.91 Å². The minimum Gasteiger partial charge on any atom is -0.349 e. The van der Waals surface area contributed by atoms with Crippen LogP contribution in [-0.4, -0.2) is 18.1 Å². The van der Waals surface area contributed by atoms with Crippen LogP contribution in [-0.2, 0) is 0 Å². The minimum absolute atomic E-state index is 0.0973. The van der Waals surface area contributed by atoms with Crippen LogP contribution >= 0.6 is 27.3 Å². The summed E-state index contributed by atoms with van der Waals surface area (Å²) in [4.78, 5) is 12.5. The molecule has 0 aromatic carbocycles. The van der Waals surface area contributed by atoms with Crippen LogP contribution in [0.15, 0.2) is 15.9 Å². The zero-order valence-corrected chi connectivity index (χ0v) is 12.4. The third-order valence-electron chi connectivity index (χ3n) is 3.35. The Bertz CT molecular complexity index is 452. The van der Waals surface area contributed by atoms with E-state index in [1.807, 2.05) is 0 Å². The molecule has 0 saturated heterocycles. The highest BCUT2D eigenvalue weighted by Crippen LogP contribution is 2.37. The van der Waals surface area contributed by atoms with E-state index in [2.05, 4.69) is 21.2 Å². The van der Waals surface area contributed by atoms with Crippen molar-refractivity contribution >= 4 is 33.2 Å². The van der Waals surface area contributed by atoms with Crippen molar-refractivity contribution in [2.75, 3.05) is 0 Å². The van der Waals surface area contributed by atoms with Gasteiger partial charge in [0.05, 0.1) is 5.92 Å². The lowest BCUT2D eigenvalue weighted by atomic mass is 9.85. The van der Waals surface area contributed by atoms with Crippen LogP contribution < -0.4 is 5.32 Å². The van der Waals surface area contributed by atoms with Gasteiger partial charge in [0, 0.05) is 10.5 Å². The second-order valence-electron chi connectivity index (χ2n) is 4.66. The molecule has 0 atom stereocenters. The first-order valence-corrected chi connectivity index (χ1v) is 7.65. The standard InChI is InChI=1S/C12H13BrF3NOS/c13-9-5-6-19-10(9)11(18)17-8-3-1-7(2-4-8)12(14,15)16/h5-8H,1-4H2,(H,17,18). The maximum absolute atomic E-state index is 12.5. The third-order valence-corrected chi connectivity index (χ3v) is 5.19. The number of carbonyl (C=O) groups excluding carboxylic acids is 1. The number of hydrogen-bond acceptors (Lipinski definition) is 2. The van der Waals surface area contributed by atoms with Crippen molar-refractivity contribution in [1.82, 2.24) is 5.32 Å². The lowest BCUT2D eigenvalue weighted by molar-refractivity contribution is -0.182. The van der Waals surface area contributed by atoms with Crippen molar-refractivity contribution < 1.29 is 18.0 Å². The van der Waals surface area contributed by atoms with E-state index in [9.17, 15) is 18.0 Å². The van der Waals surface area contributed by atoms with E-state index in [4.69, 9.17) is 0 Å². The summed E-state index contributed by atoms with van der Waals surface area (Å²) in [6.07, 6.45) is -3.14. The van der Waals surface area contributed by atoms with Crippen molar-refractivity contribution in [3.8, 4) is 0 Å². The fourth-order valence-corrected chi connectivity index (χ4v) is 3.73. The Hall–Kier alpha value is -0.560. The van der Waals surface area contributed by atoms with E-state index in [0.29, 0.717) is 17.7 Å². The highest BCUT2D eigenvalue weighted by atomic mass is 79.9. The molecule has 0 spiro atoms. The highest BCUT2D eigenvalue weighted by molar-refractivity contribution is 9.10. The molecule has 1 saturated carbocycles. The zero-order chi connectivity index (χ0) is 14.0. The van der Waals surface area contributed by atoms with Crippen LogP contribution in [0.2, 0.25) is 0 Å². The first-order valence-electron chi connectivity index (χ1n) is 5.98. The fourth-order valence-electron chi connectivity index (χ4n) is 2.27. The number of hydrogen-bond donors (Lipinski definition) is 1. The fraction of sp³-hybridized carbons (Fsp3) is 0.583. The predicted octanol–water partition coefficient (Wildman–Crippen LogP) is 4.36. The minimum atomic E-state index is -4.11. The summed E-state index contributed by atoms with van der Waals surface area (Å²) in [5.41, 5.74) is 0. The van der Waals surface area contributed by atoms with E-state index in [1.165, 1.54) is 11.3 Å². The molecule has 0 unspecified atom stereocenters. The number of carbonyl (C=O) groups is 1. The third kappa shape index (κ3) is 3.72. The maximum Gasteiger partial charge on any atom is 0.391 e. The summed E-state index contributed by atoms with van der Waals surface area (Å²) in [7, 11) is 0. The van der Waals surface area contributed by atoms with Crippen molar-refractivity contribution in [3.63, 3.8) is 0 Å². The van der Waals surface area contributed by atoms with Gasteiger partial charge >= 0.3 is 6.18 Å². The van der Waals surface area contributed by atoms with Crippen molar-refractivity contribution in [2.45, 2.75) is 37.9 Å². The number of nitrogens with one attached hydrogen (secondary N) is 1. The molecule has 106 valence electrons. The van der Waals surface area contributed by atoms with Gasteiger partial charge in [-0.05, 0) is 53.1 Å². The van der Waals surface area contributed by atoms with Crippen LogP contribution in [0, 0.1) is 5.92 Å². The summed E-state index contributed by atoms with van der Waals surface area (Å²) in [5, 5.41) is 4.60. The van der Waals surface area contributed by atoms with Gasteiger partial charge in [-0.2, -0.15) is 13.2 Å². The summed E-state index contributed by atoms with van der Waals surface area (Å²) in [6, 6.07) is 1.63. The monoisotopic (exact) mass is 355 g/mol. The van der Waals surface area contributed by atoms with Crippen molar-refractivity contribution in [2.24, 2.45) is 5.92 Å². The molecule has 2 rings (SSSR count). The van der Waals surface area contributed by atoms with Crippen LogP contribution in [0.1, 0.15) is 35.4 Å². The molecule has 2 nitrogen and oxygen atoms in total. The molecule has 0 aliphatic heterocycles. The van der Waals surface area contributed by atoms with Gasteiger partial charge in [0.15, 0.2) is 0 Å². The van der Waals surface area contributed by atoms with Crippen LogP contribution in [0.5, 0.6) is 0 Å². The van der Waals surface area contributed by atoms with E-state index < -0.39 is 12.1 Å². The van der Waals surface area contributed by atoms with Crippen LogP contribution in [0.3, 0.4) is 0 Å². The molecule has 1 amide bonds. The van der Waals surface area contributed by atoms with Gasteiger partial charge in [-0.3, -0.25) is 4.79 Å². The lowest BCUT2D eigenvalue weighted by Gasteiger charge is -2.30. The molecule has 1 aliphatic rings. The molecule has 19 heavy (non-hydrogen) atoms. The Morgan fingerprint density at radius 1 is 1.32 bits per heavy atom. The molecule has 7 heteroatoms. The van der Waals surface area contributed by atoms with Gasteiger partial charge < -0.3 is 5.32 Å². The zero-order valence-electron chi connectivity index (χ0n) is 9.97. The molecule has 1 fully saturated rings. The van der Waals surface area contributed by atoms with Gasteiger partial charge in [0.1, 0.15) is 4.88 Å². The summed E-state index contributed by atoms with van der Waals surface area (Å²) < 4.78 is 38.3. The van der Waals surface area contributed by atoms with E-state index in [-0.39, 0.29) is 24.8 Å². The first-order chi connectivity index (χ1) is 8.88. The highest BCUT2D eigenvalue weighted by Gasteiger charge is 2.41. The second-order valence-corrected chi connectivity index (χ2v) is 6.43. The summed E-state index contributed by atoms with van der Waals surface area (Å²) in [5.74, 6) is -1.42. The number of alkyl halides is 3. The average Bonchev–Trinajstić information content (AvgIpc) is 2.75. The lowest BCUT2D eigenvalue weighted by Crippen LogP contribution is -2.39. The quantitative estimate of drug-likeness (QED) is 0.838. The smallest absolute Gasteiger partial charge is 0.349 e. The van der Waals surface area contributed by atoms with Crippen LogP contribution in [0.4, 0.5) is 13.2 Å². The Morgan fingerprint density at radius 3 is 2.42 bits per heavy atom. The van der Waals surface area contributed by atoms with E-state index in [0.717, 1.165) is 4.47 Å². The van der Waals surface area contributed by atoms with E-state index in [1.54, 1.807) is 11.4 Å². The Kier molecular flexibility index (Phi) is 4.55. The molecule has 1 heterocycles. The molecule has 1 aliphatic carbocycles. The maximum atomic E-state index is 12.5. The Labute approximate surface area is 121 Å². The second kappa shape index (κ2) is 5.83.